The zero-order valence-corrected chi connectivity index (χ0v) is 35.9. The molecular weight excluding hydrogens is 791 g/mol. The van der Waals surface area contributed by atoms with E-state index in [2.05, 4.69) is 58.8 Å². The molecule has 8 aromatic rings. The van der Waals surface area contributed by atoms with Crippen LogP contribution in [0.5, 0.6) is 0 Å². The van der Waals surface area contributed by atoms with Crippen LogP contribution in [0.3, 0.4) is 0 Å². The van der Waals surface area contributed by atoms with Crippen LogP contribution in [0, 0.1) is 11.6 Å². The summed E-state index contributed by atoms with van der Waals surface area (Å²) in [6.45, 7) is 9.40. The number of hydrogen-bond acceptors (Lipinski definition) is 10. The summed E-state index contributed by atoms with van der Waals surface area (Å²) in [6, 6.07) is 23.7. The lowest BCUT2D eigenvalue weighted by Gasteiger charge is -2.29. The molecule has 0 spiro atoms. The molecule has 4 aliphatic heterocycles. The van der Waals surface area contributed by atoms with Crippen molar-refractivity contribution in [2.75, 3.05) is 85.3 Å². The zero-order valence-electron chi connectivity index (χ0n) is 39.9. The molecule has 328 valence electrons. The highest BCUT2D eigenvalue weighted by atomic mass is 19.1. The molecule has 0 saturated carbocycles. The monoisotopic (exact) mass is 856 g/mol. The highest BCUT2D eigenvalue weighted by molar-refractivity contribution is 5.87. The van der Waals surface area contributed by atoms with E-state index in [1.807, 2.05) is 24.3 Å². The number of aromatic amines is 2. The van der Waals surface area contributed by atoms with Crippen molar-refractivity contribution in [1.82, 2.24) is 19.9 Å². The summed E-state index contributed by atoms with van der Waals surface area (Å²) in [4.78, 5) is 25.1. The Morgan fingerprint density at radius 2 is 1.00 bits per heavy atom. The molecule has 0 atom stereocenters. The summed E-state index contributed by atoms with van der Waals surface area (Å²) >= 11 is 0. The molecule has 12 nitrogen and oxygen atoms in total. The number of benzene rings is 4. The largest absolute Gasteiger partial charge is 0.423 e. The van der Waals surface area contributed by atoms with Gasteiger partial charge >= 0.3 is 0 Å². The summed E-state index contributed by atoms with van der Waals surface area (Å²) < 4.78 is 73.0. The second kappa shape index (κ2) is 18.1. The molecule has 0 unspecified atom stereocenters. The number of morpholine rings is 2. The number of rotatable bonds is 4. The van der Waals surface area contributed by atoms with E-state index in [1.54, 1.807) is 12.1 Å². The van der Waals surface area contributed by atoms with Crippen LogP contribution in [0.15, 0.2) is 81.6 Å². The molecule has 62 heavy (non-hydrogen) atoms. The van der Waals surface area contributed by atoms with Gasteiger partial charge in [-0.25, -0.2) is 8.78 Å². The average Bonchev–Trinajstić information content (AvgIpc) is 4.19. The van der Waals surface area contributed by atoms with Crippen LogP contribution in [-0.4, -0.2) is 85.6 Å². The molecule has 14 heteroatoms. The minimum Gasteiger partial charge on any atom is -0.423 e. The van der Waals surface area contributed by atoms with Gasteiger partial charge in [-0.2, -0.15) is 9.97 Å². The summed E-state index contributed by atoms with van der Waals surface area (Å²) in [6.07, 6.45) is 1.81. The molecule has 0 amide bonds. The van der Waals surface area contributed by atoms with Crippen LogP contribution in [0.1, 0.15) is 57.6 Å². The van der Waals surface area contributed by atoms with Crippen molar-refractivity contribution in [3.05, 3.63) is 107 Å². The number of ether oxygens (including phenoxy) is 2. The van der Waals surface area contributed by atoms with Crippen molar-refractivity contribution in [1.29, 1.82) is 0 Å². The number of oxazole rings is 2. The molecule has 2 N–H and O–H groups in total. The predicted octanol–water partition coefficient (Wildman–Crippen LogP) is 10.2. The standard InChI is InChI=1S/2C22H21FN4O2.4CH4/c23-14-1-3-16-17-13-27(6-5-18(17)24-19(16)11-14)15-2-4-21-20(12-15)25-22(29-21)26-7-9-28-10-8-26;23-14-1-3-16-17-13-27(6-5-18(17)24-20(16)11-14)15-2-4-19-21(12-15)29-22(25-19)26-7-9-28-10-8-26;;;;/h2*1-4,11-12,24H,5-10,13H2;4*1H4/i;;4*1T. The maximum Gasteiger partial charge on any atom is 0.298 e. The van der Waals surface area contributed by atoms with E-state index >= 15 is 0 Å². The minimum atomic E-state index is -0.209. The Morgan fingerprint density at radius 1 is 0.516 bits per heavy atom. The Morgan fingerprint density at radius 3 is 1.55 bits per heavy atom. The Labute approximate surface area is 367 Å². The topological polar surface area (TPSA) is 115 Å². The summed E-state index contributed by atoms with van der Waals surface area (Å²) in [5, 5.41) is 2.20. The van der Waals surface area contributed by atoms with Gasteiger partial charge in [0.05, 0.1) is 26.4 Å². The Kier molecular flexibility index (Phi) is 11.3. The van der Waals surface area contributed by atoms with E-state index in [0.29, 0.717) is 38.5 Å². The third-order valence-corrected chi connectivity index (χ3v) is 11.9. The van der Waals surface area contributed by atoms with E-state index in [9.17, 15) is 8.78 Å². The zero-order chi connectivity index (χ0) is 46.7. The van der Waals surface area contributed by atoms with Crippen LogP contribution in [0.4, 0.5) is 32.2 Å². The first-order chi connectivity index (χ1) is 32.5. The third kappa shape index (κ3) is 8.16. The second-order valence-electron chi connectivity index (χ2n) is 15.4. The number of H-pyrrole nitrogens is 2. The molecule has 2 saturated heterocycles. The smallest absolute Gasteiger partial charge is 0.298 e. The lowest BCUT2D eigenvalue weighted by Crippen LogP contribution is -2.36. The molecule has 0 aliphatic carbocycles. The predicted molar refractivity (Wildman–Crippen MR) is 247 cm³/mol. The highest BCUT2D eigenvalue weighted by Gasteiger charge is 2.25. The number of nitrogens with one attached hydrogen (secondary N) is 2. The van der Waals surface area contributed by atoms with Crippen molar-refractivity contribution in [2.45, 2.75) is 55.5 Å². The first kappa shape index (κ1) is 38.8. The number of aromatic nitrogens is 4. The fourth-order valence-corrected chi connectivity index (χ4v) is 8.81. The van der Waals surface area contributed by atoms with Gasteiger partial charge < -0.3 is 47.9 Å². The van der Waals surface area contributed by atoms with Crippen LogP contribution in [0.2, 0.25) is 0 Å². The molecule has 4 aromatic carbocycles. The summed E-state index contributed by atoms with van der Waals surface area (Å²) in [5.74, 6) is -0.416. The number of nitrogens with zero attached hydrogens (tertiary/aromatic N) is 6. The summed E-state index contributed by atoms with van der Waals surface area (Å²) in [5.41, 5.74) is 12.2. The normalized spacial score (nSPS) is 16.6. The van der Waals surface area contributed by atoms with Crippen molar-refractivity contribution in [3.8, 4) is 0 Å². The van der Waals surface area contributed by atoms with Crippen LogP contribution in [-0.2, 0) is 35.4 Å². The molecule has 8 heterocycles. The van der Waals surface area contributed by atoms with E-state index in [-0.39, 0.29) is 11.6 Å². The van der Waals surface area contributed by atoms with Crippen molar-refractivity contribution in [3.63, 3.8) is 0 Å². The number of fused-ring (bicyclic) bond motifs is 8. The third-order valence-electron chi connectivity index (χ3n) is 11.9. The van der Waals surface area contributed by atoms with Gasteiger partial charge in [0, 0.05) is 132 Å². The SMILES string of the molecule is Fc1ccc2c3c([nH]c2c1)CCN(c1ccc2nc(N4CCOCC4)oc2c1)C3.Fc1ccc2c3c([nH]c2c1)CCN(c1ccc2oc(N4CCOCC4)nc2c1)C3.[3H]C.[3H]C.[3H]C.[3H]C. The maximum atomic E-state index is 13.6. The minimum absolute atomic E-state index is 0.208. The van der Waals surface area contributed by atoms with E-state index in [0.717, 1.165) is 121 Å². The average molecular weight is 857 g/mol. The maximum absolute atomic E-state index is 13.6. The lowest BCUT2D eigenvalue weighted by atomic mass is 10.0. The number of anilines is 4. The highest BCUT2D eigenvalue weighted by Crippen LogP contribution is 2.35. The number of halogens is 2. The lowest BCUT2D eigenvalue weighted by molar-refractivity contribution is 0.120. The van der Waals surface area contributed by atoms with Gasteiger partial charge in [0.25, 0.3) is 12.0 Å². The van der Waals surface area contributed by atoms with Crippen molar-refractivity contribution >= 4 is 67.4 Å². The van der Waals surface area contributed by atoms with Gasteiger partial charge in [0.15, 0.2) is 11.2 Å². The van der Waals surface area contributed by atoms with Crippen molar-refractivity contribution < 1.29 is 32.6 Å². The van der Waals surface area contributed by atoms with Crippen LogP contribution in [0.25, 0.3) is 44.0 Å². The molecule has 12 rings (SSSR count). The fraction of sp³-hybridized carbons (Fsp3) is 0.375. The van der Waals surface area contributed by atoms with Crippen LogP contribution >= 0.6 is 0 Å². The molecule has 4 aromatic heterocycles. The Bertz CT molecular complexity index is 2630. The Balaban J connectivity index is 0.000000171. The first-order valence-electron chi connectivity index (χ1n) is 24.0. The van der Waals surface area contributed by atoms with E-state index < -0.39 is 0 Å². The van der Waals surface area contributed by atoms with Gasteiger partial charge in [-0.05, 0) is 66.7 Å². The molecule has 0 radical (unpaired) electrons. The fourth-order valence-electron chi connectivity index (χ4n) is 8.81. The number of hydrogen-bond donors (Lipinski definition) is 2. The van der Waals surface area contributed by atoms with Gasteiger partial charge in [-0.3, -0.25) is 0 Å². The molecule has 2 fully saturated rings. The Hall–Kier alpha value is -6.12. The van der Waals surface area contributed by atoms with Gasteiger partial charge in [-0.1, -0.05) is 29.6 Å². The second-order valence-corrected chi connectivity index (χ2v) is 15.4. The van der Waals surface area contributed by atoms with Gasteiger partial charge in [0.1, 0.15) is 22.7 Å². The van der Waals surface area contributed by atoms with Gasteiger partial charge in [0.2, 0.25) is 0 Å². The summed E-state index contributed by atoms with van der Waals surface area (Å²) in [7, 11) is 5.00. The van der Waals surface area contributed by atoms with E-state index in [4.69, 9.17) is 28.8 Å². The molecule has 4 aliphatic rings. The van der Waals surface area contributed by atoms with Crippen molar-refractivity contribution in [2.24, 2.45) is 0 Å². The van der Waals surface area contributed by atoms with Crippen LogP contribution < -0.4 is 19.6 Å². The first-order valence-corrected chi connectivity index (χ1v) is 20.0. The molecule has 0 bridgehead atoms. The van der Waals surface area contributed by atoms with E-state index in [1.165, 1.54) is 64.3 Å². The molecular formula is C48H58F2N8O4. The quantitative estimate of drug-likeness (QED) is 0.177. The van der Waals surface area contributed by atoms with Gasteiger partial charge in [-0.15, -0.1) is 0 Å².